The fourth-order valence-electron chi connectivity index (χ4n) is 2.46. The third kappa shape index (κ3) is 4.13. The van der Waals surface area contributed by atoms with Crippen molar-refractivity contribution < 1.29 is 14.3 Å². The van der Waals surface area contributed by atoms with Gasteiger partial charge in [-0.25, -0.2) is 4.79 Å². The summed E-state index contributed by atoms with van der Waals surface area (Å²) in [6.45, 7) is 7.34. The van der Waals surface area contributed by atoms with Crippen LogP contribution in [0.3, 0.4) is 0 Å². The predicted octanol–water partition coefficient (Wildman–Crippen LogP) is 1.90. The number of carbonyl (C=O) groups excluding carboxylic acids is 1. The summed E-state index contributed by atoms with van der Waals surface area (Å²) < 4.78 is 7.08. The summed E-state index contributed by atoms with van der Waals surface area (Å²) in [5.74, 6) is 1.60. The van der Waals surface area contributed by atoms with E-state index in [-0.39, 0.29) is 18.6 Å². The smallest absolute Gasteiger partial charge is 0.315 e. The van der Waals surface area contributed by atoms with Gasteiger partial charge in [0.15, 0.2) is 0 Å². The summed E-state index contributed by atoms with van der Waals surface area (Å²) >= 11 is 0. The second-order valence-electron chi connectivity index (χ2n) is 6.09. The van der Waals surface area contributed by atoms with Gasteiger partial charge >= 0.3 is 6.03 Å². The van der Waals surface area contributed by atoms with Crippen LogP contribution in [-0.4, -0.2) is 27.5 Å². The number of aliphatic hydroxyl groups is 1. The van der Waals surface area contributed by atoms with Crippen LogP contribution in [-0.2, 0) is 12.6 Å². The lowest BCUT2D eigenvalue weighted by atomic mass is 10.00. The van der Waals surface area contributed by atoms with E-state index in [4.69, 9.17) is 4.42 Å². The fourth-order valence-corrected chi connectivity index (χ4v) is 2.46. The molecule has 0 fully saturated rings. The number of hydrogen-bond donors (Lipinski definition) is 3. The first kappa shape index (κ1) is 17.1. The minimum atomic E-state index is -1.18. The molecule has 0 aliphatic rings. The molecule has 7 heteroatoms. The van der Waals surface area contributed by atoms with E-state index in [0.29, 0.717) is 5.56 Å². The highest BCUT2D eigenvalue weighted by molar-refractivity contribution is 5.74. The highest BCUT2D eigenvalue weighted by atomic mass is 16.3. The standard InChI is InChI=1S/C16H24N4O3/c1-10-6-14(12(3)23-10)11(2)19-15(21)17-9-16(4,22)13-7-18-20(5)8-13/h6-8,11,22H,9H2,1-5H3,(H2,17,19,21). The van der Waals surface area contributed by atoms with Crippen LogP contribution in [0.25, 0.3) is 0 Å². The van der Waals surface area contributed by atoms with Crippen LogP contribution in [0.1, 0.15) is 42.5 Å². The summed E-state index contributed by atoms with van der Waals surface area (Å²) in [6, 6.07) is 1.38. The Kier molecular flexibility index (Phi) is 4.79. The zero-order chi connectivity index (χ0) is 17.2. The lowest BCUT2D eigenvalue weighted by Gasteiger charge is -2.23. The largest absolute Gasteiger partial charge is 0.466 e. The van der Waals surface area contributed by atoms with Gasteiger partial charge in [0.05, 0.1) is 18.8 Å². The highest BCUT2D eigenvalue weighted by Gasteiger charge is 2.25. The number of furan rings is 1. The third-order valence-electron chi connectivity index (χ3n) is 3.81. The molecule has 0 radical (unpaired) electrons. The Morgan fingerprint density at radius 1 is 1.52 bits per heavy atom. The van der Waals surface area contributed by atoms with Crippen LogP contribution >= 0.6 is 0 Å². The first-order valence-electron chi connectivity index (χ1n) is 7.52. The lowest BCUT2D eigenvalue weighted by Crippen LogP contribution is -2.44. The van der Waals surface area contributed by atoms with E-state index in [9.17, 15) is 9.90 Å². The van der Waals surface area contributed by atoms with E-state index in [0.717, 1.165) is 17.1 Å². The van der Waals surface area contributed by atoms with Gasteiger partial charge in [-0.3, -0.25) is 4.68 Å². The second-order valence-corrected chi connectivity index (χ2v) is 6.09. The molecule has 23 heavy (non-hydrogen) atoms. The van der Waals surface area contributed by atoms with Crippen LogP contribution < -0.4 is 10.6 Å². The number of aryl methyl sites for hydroxylation is 3. The molecule has 2 aromatic heterocycles. The van der Waals surface area contributed by atoms with Crippen molar-refractivity contribution in [3.8, 4) is 0 Å². The van der Waals surface area contributed by atoms with E-state index in [1.54, 1.807) is 31.0 Å². The Morgan fingerprint density at radius 2 is 2.22 bits per heavy atom. The molecular formula is C16H24N4O3. The van der Waals surface area contributed by atoms with Crippen molar-refractivity contribution in [1.82, 2.24) is 20.4 Å². The summed E-state index contributed by atoms with van der Waals surface area (Å²) in [5.41, 5.74) is 0.406. The van der Waals surface area contributed by atoms with Crippen LogP contribution in [0.5, 0.6) is 0 Å². The monoisotopic (exact) mass is 320 g/mol. The van der Waals surface area contributed by atoms with Crippen molar-refractivity contribution in [2.24, 2.45) is 7.05 Å². The zero-order valence-electron chi connectivity index (χ0n) is 14.2. The summed E-state index contributed by atoms with van der Waals surface area (Å²) in [6.07, 6.45) is 3.31. The van der Waals surface area contributed by atoms with Gasteiger partial charge in [-0.05, 0) is 33.8 Å². The summed E-state index contributed by atoms with van der Waals surface area (Å²) in [4.78, 5) is 12.0. The van der Waals surface area contributed by atoms with Gasteiger partial charge in [-0.1, -0.05) is 0 Å². The predicted molar refractivity (Wildman–Crippen MR) is 85.9 cm³/mol. The first-order valence-corrected chi connectivity index (χ1v) is 7.52. The van der Waals surface area contributed by atoms with Gasteiger partial charge in [-0.2, -0.15) is 5.10 Å². The lowest BCUT2D eigenvalue weighted by molar-refractivity contribution is 0.0592. The molecule has 126 valence electrons. The number of carbonyl (C=O) groups is 1. The molecule has 0 saturated carbocycles. The van der Waals surface area contributed by atoms with Gasteiger partial charge in [0.2, 0.25) is 0 Å². The quantitative estimate of drug-likeness (QED) is 0.784. The molecule has 2 heterocycles. The molecule has 2 aromatic rings. The third-order valence-corrected chi connectivity index (χ3v) is 3.81. The molecule has 2 unspecified atom stereocenters. The fraction of sp³-hybridized carbons (Fsp3) is 0.500. The summed E-state index contributed by atoms with van der Waals surface area (Å²) in [5, 5.41) is 20.0. The van der Waals surface area contributed by atoms with E-state index in [2.05, 4.69) is 15.7 Å². The molecule has 2 amide bonds. The van der Waals surface area contributed by atoms with Gasteiger partial charge in [0, 0.05) is 24.4 Å². The SMILES string of the molecule is Cc1cc(C(C)NC(=O)NCC(C)(O)c2cnn(C)c2)c(C)o1. The number of aromatic nitrogens is 2. The van der Waals surface area contributed by atoms with Crippen LogP contribution in [0.2, 0.25) is 0 Å². The molecule has 0 aromatic carbocycles. The molecular weight excluding hydrogens is 296 g/mol. The Balaban J connectivity index is 1.91. The van der Waals surface area contributed by atoms with Crippen molar-refractivity contribution in [2.45, 2.75) is 39.3 Å². The normalized spacial score (nSPS) is 15.0. The molecule has 0 spiro atoms. The van der Waals surface area contributed by atoms with Gasteiger partial charge < -0.3 is 20.2 Å². The van der Waals surface area contributed by atoms with Crippen molar-refractivity contribution in [1.29, 1.82) is 0 Å². The average molecular weight is 320 g/mol. The number of urea groups is 1. The Hall–Kier alpha value is -2.28. The van der Waals surface area contributed by atoms with Crippen LogP contribution in [0.15, 0.2) is 22.9 Å². The second kappa shape index (κ2) is 6.45. The van der Waals surface area contributed by atoms with E-state index < -0.39 is 5.60 Å². The Bertz CT molecular complexity index is 687. The topological polar surface area (TPSA) is 92.3 Å². The zero-order valence-corrected chi connectivity index (χ0v) is 14.2. The highest BCUT2D eigenvalue weighted by Crippen LogP contribution is 2.21. The van der Waals surface area contributed by atoms with Crippen molar-refractivity contribution in [3.63, 3.8) is 0 Å². The minimum absolute atomic E-state index is 0.0840. The van der Waals surface area contributed by atoms with Crippen LogP contribution in [0, 0.1) is 13.8 Å². The van der Waals surface area contributed by atoms with Crippen molar-refractivity contribution in [3.05, 3.63) is 41.1 Å². The molecule has 2 atom stereocenters. The Morgan fingerprint density at radius 3 is 2.74 bits per heavy atom. The number of nitrogens with one attached hydrogen (secondary N) is 2. The molecule has 0 aliphatic heterocycles. The van der Waals surface area contributed by atoms with Gasteiger partial charge in [0.1, 0.15) is 17.1 Å². The van der Waals surface area contributed by atoms with Crippen molar-refractivity contribution >= 4 is 6.03 Å². The molecule has 7 nitrogen and oxygen atoms in total. The van der Waals surface area contributed by atoms with Gasteiger partial charge in [-0.15, -0.1) is 0 Å². The molecule has 2 rings (SSSR count). The minimum Gasteiger partial charge on any atom is -0.466 e. The molecule has 0 bridgehead atoms. The van der Waals surface area contributed by atoms with E-state index >= 15 is 0 Å². The number of amides is 2. The average Bonchev–Trinajstić information content (AvgIpc) is 3.03. The molecule has 0 saturated heterocycles. The van der Waals surface area contributed by atoms with E-state index in [1.807, 2.05) is 26.8 Å². The maximum absolute atomic E-state index is 12.0. The number of nitrogens with zero attached hydrogens (tertiary/aromatic N) is 2. The van der Waals surface area contributed by atoms with E-state index in [1.165, 1.54) is 0 Å². The Labute approximate surface area is 135 Å². The van der Waals surface area contributed by atoms with Gasteiger partial charge in [0.25, 0.3) is 0 Å². The first-order chi connectivity index (χ1) is 10.7. The maximum Gasteiger partial charge on any atom is 0.315 e. The summed E-state index contributed by atoms with van der Waals surface area (Å²) in [7, 11) is 1.77. The number of rotatable bonds is 5. The van der Waals surface area contributed by atoms with Crippen molar-refractivity contribution in [2.75, 3.05) is 6.54 Å². The molecule has 0 aliphatic carbocycles. The maximum atomic E-state index is 12.0. The molecule has 3 N–H and O–H groups in total. The number of hydrogen-bond acceptors (Lipinski definition) is 4. The van der Waals surface area contributed by atoms with Crippen LogP contribution in [0.4, 0.5) is 4.79 Å².